The number of nitrogens with zero attached hydrogens (tertiary/aromatic N) is 2. The van der Waals surface area contributed by atoms with Gasteiger partial charge in [0.05, 0.1) is 11.1 Å². The molecule has 2 amide bonds. The maximum absolute atomic E-state index is 12.3. The second-order valence-electron chi connectivity index (χ2n) is 5.90. The summed E-state index contributed by atoms with van der Waals surface area (Å²) in [5.41, 5.74) is 0.942. The van der Waals surface area contributed by atoms with Crippen LogP contribution in [0.5, 0.6) is 0 Å². The first-order chi connectivity index (χ1) is 10.1. The molecule has 5 heteroatoms. The van der Waals surface area contributed by atoms with Crippen LogP contribution in [0.4, 0.5) is 0 Å². The van der Waals surface area contributed by atoms with E-state index in [1.165, 1.54) is 12.4 Å². The Morgan fingerprint density at radius 1 is 1.24 bits per heavy atom. The summed E-state index contributed by atoms with van der Waals surface area (Å²) in [5.74, 6) is 0.350. The van der Waals surface area contributed by atoms with Crippen LogP contribution in [0.2, 0.25) is 0 Å². The van der Waals surface area contributed by atoms with E-state index in [-0.39, 0.29) is 11.8 Å². The average molecular weight is 289 g/mol. The average Bonchev–Trinajstić information content (AvgIpc) is 3.00. The van der Waals surface area contributed by atoms with E-state index in [0.717, 1.165) is 32.4 Å². The van der Waals surface area contributed by atoms with Crippen molar-refractivity contribution in [3.05, 3.63) is 29.6 Å². The van der Waals surface area contributed by atoms with Crippen LogP contribution in [-0.2, 0) is 0 Å². The summed E-state index contributed by atoms with van der Waals surface area (Å²) >= 11 is 0. The number of amides is 2. The summed E-state index contributed by atoms with van der Waals surface area (Å²) in [5, 5.41) is 2.86. The molecule has 0 aromatic carbocycles. The Labute approximate surface area is 125 Å². The van der Waals surface area contributed by atoms with E-state index in [4.69, 9.17) is 0 Å². The van der Waals surface area contributed by atoms with Crippen molar-refractivity contribution in [2.45, 2.75) is 33.1 Å². The number of carbonyl (C=O) groups excluding carboxylic acids is 2. The van der Waals surface area contributed by atoms with Gasteiger partial charge in [0, 0.05) is 32.0 Å². The highest BCUT2D eigenvalue weighted by molar-refractivity contribution is 5.99. The number of nitrogens with one attached hydrogen (secondary N) is 1. The van der Waals surface area contributed by atoms with Crippen LogP contribution in [0, 0.1) is 5.92 Å². The number of hydrogen-bond donors (Lipinski definition) is 1. The quantitative estimate of drug-likeness (QED) is 0.903. The van der Waals surface area contributed by atoms with E-state index in [1.807, 2.05) is 4.90 Å². The predicted octanol–water partition coefficient (Wildman–Crippen LogP) is 2.09. The number of pyridine rings is 1. The van der Waals surface area contributed by atoms with Gasteiger partial charge in [0.15, 0.2) is 0 Å². The zero-order valence-electron chi connectivity index (χ0n) is 12.8. The van der Waals surface area contributed by atoms with Crippen molar-refractivity contribution in [1.82, 2.24) is 15.2 Å². The third-order valence-electron chi connectivity index (χ3n) is 3.65. The minimum atomic E-state index is -0.167. The number of likely N-dealkylation sites (tertiary alicyclic amines) is 1. The molecule has 1 fully saturated rings. The molecular formula is C16H23N3O2. The van der Waals surface area contributed by atoms with Gasteiger partial charge in [-0.05, 0) is 31.2 Å². The SMILES string of the molecule is CC(C)CCNC(=O)c1cncc(C(=O)N2CCCC2)c1. The highest BCUT2D eigenvalue weighted by Crippen LogP contribution is 2.13. The largest absolute Gasteiger partial charge is 0.352 e. The van der Waals surface area contributed by atoms with Gasteiger partial charge in [-0.15, -0.1) is 0 Å². The standard InChI is InChI=1S/C16H23N3O2/c1-12(2)5-6-18-15(20)13-9-14(11-17-10-13)16(21)19-7-3-4-8-19/h9-12H,3-8H2,1-2H3,(H,18,20). The Morgan fingerprint density at radius 3 is 2.57 bits per heavy atom. The molecule has 0 aliphatic carbocycles. The summed E-state index contributed by atoms with van der Waals surface area (Å²) in [6, 6.07) is 1.64. The normalized spacial score (nSPS) is 14.5. The van der Waals surface area contributed by atoms with Crippen molar-refractivity contribution in [3.8, 4) is 0 Å². The third-order valence-corrected chi connectivity index (χ3v) is 3.65. The van der Waals surface area contributed by atoms with Gasteiger partial charge in [-0.25, -0.2) is 0 Å². The van der Waals surface area contributed by atoms with Gasteiger partial charge in [-0.3, -0.25) is 14.6 Å². The van der Waals surface area contributed by atoms with E-state index in [9.17, 15) is 9.59 Å². The van der Waals surface area contributed by atoms with Crippen molar-refractivity contribution in [3.63, 3.8) is 0 Å². The lowest BCUT2D eigenvalue weighted by Crippen LogP contribution is -2.29. The molecule has 2 rings (SSSR count). The van der Waals surface area contributed by atoms with E-state index < -0.39 is 0 Å². The molecule has 21 heavy (non-hydrogen) atoms. The molecule has 1 saturated heterocycles. The van der Waals surface area contributed by atoms with Crippen LogP contribution < -0.4 is 5.32 Å². The molecule has 0 unspecified atom stereocenters. The lowest BCUT2D eigenvalue weighted by molar-refractivity contribution is 0.0792. The van der Waals surface area contributed by atoms with Gasteiger partial charge < -0.3 is 10.2 Å². The smallest absolute Gasteiger partial charge is 0.255 e. The zero-order chi connectivity index (χ0) is 15.2. The van der Waals surface area contributed by atoms with Crippen LogP contribution in [0.1, 0.15) is 53.8 Å². The molecular weight excluding hydrogens is 266 g/mol. The lowest BCUT2D eigenvalue weighted by Gasteiger charge is -2.15. The van der Waals surface area contributed by atoms with Crippen molar-refractivity contribution < 1.29 is 9.59 Å². The summed E-state index contributed by atoms with van der Waals surface area (Å²) < 4.78 is 0. The van der Waals surface area contributed by atoms with E-state index in [2.05, 4.69) is 24.1 Å². The van der Waals surface area contributed by atoms with Crippen molar-refractivity contribution >= 4 is 11.8 Å². The van der Waals surface area contributed by atoms with Crippen LogP contribution >= 0.6 is 0 Å². The maximum atomic E-state index is 12.3. The van der Waals surface area contributed by atoms with E-state index in [1.54, 1.807) is 6.07 Å². The number of carbonyl (C=O) groups is 2. The second-order valence-corrected chi connectivity index (χ2v) is 5.90. The minimum absolute atomic E-state index is 0.0307. The molecule has 5 nitrogen and oxygen atoms in total. The number of aromatic nitrogens is 1. The molecule has 1 aromatic heterocycles. The molecule has 2 heterocycles. The molecule has 0 spiro atoms. The van der Waals surface area contributed by atoms with Gasteiger partial charge >= 0.3 is 0 Å². The third kappa shape index (κ3) is 4.28. The lowest BCUT2D eigenvalue weighted by atomic mass is 10.1. The van der Waals surface area contributed by atoms with Gasteiger partial charge in [0.2, 0.25) is 0 Å². The van der Waals surface area contributed by atoms with Gasteiger partial charge in [-0.1, -0.05) is 13.8 Å². The van der Waals surface area contributed by atoms with Crippen LogP contribution in [0.25, 0.3) is 0 Å². The summed E-state index contributed by atoms with van der Waals surface area (Å²) in [4.78, 5) is 30.2. The number of hydrogen-bond acceptors (Lipinski definition) is 3. The maximum Gasteiger partial charge on any atom is 0.255 e. The van der Waals surface area contributed by atoms with Crippen LogP contribution in [0.15, 0.2) is 18.5 Å². The summed E-state index contributed by atoms with van der Waals surface area (Å²) in [7, 11) is 0. The fourth-order valence-electron chi connectivity index (χ4n) is 2.36. The summed E-state index contributed by atoms with van der Waals surface area (Å²) in [6.45, 7) is 6.46. The molecule has 114 valence electrons. The van der Waals surface area contributed by atoms with Gasteiger partial charge in [0.1, 0.15) is 0 Å². The first kappa shape index (κ1) is 15.5. The molecule has 1 aliphatic rings. The predicted molar refractivity (Wildman–Crippen MR) is 81.2 cm³/mol. The Kier molecular flexibility index (Phi) is 5.31. The molecule has 1 aromatic rings. The van der Waals surface area contributed by atoms with Crippen LogP contribution in [-0.4, -0.2) is 41.3 Å². The first-order valence-corrected chi connectivity index (χ1v) is 7.60. The molecule has 0 atom stereocenters. The van der Waals surface area contributed by atoms with Crippen molar-refractivity contribution in [2.75, 3.05) is 19.6 Å². The second kappa shape index (κ2) is 7.20. The van der Waals surface area contributed by atoms with E-state index in [0.29, 0.717) is 23.6 Å². The Hall–Kier alpha value is -1.91. The molecule has 0 radical (unpaired) electrons. The number of rotatable bonds is 5. The first-order valence-electron chi connectivity index (χ1n) is 7.60. The molecule has 0 saturated carbocycles. The van der Waals surface area contributed by atoms with Gasteiger partial charge in [0.25, 0.3) is 11.8 Å². The zero-order valence-corrected chi connectivity index (χ0v) is 12.8. The fraction of sp³-hybridized carbons (Fsp3) is 0.562. The highest BCUT2D eigenvalue weighted by atomic mass is 16.2. The monoisotopic (exact) mass is 289 g/mol. The molecule has 1 N–H and O–H groups in total. The minimum Gasteiger partial charge on any atom is -0.352 e. The fourth-order valence-corrected chi connectivity index (χ4v) is 2.36. The molecule has 0 bridgehead atoms. The van der Waals surface area contributed by atoms with Crippen molar-refractivity contribution in [2.24, 2.45) is 5.92 Å². The Balaban J connectivity index is 1.99. The van der Waals surface area contributed by atoms with E-state index >= 15 is 0 Å². The van der Waals surface area contributed by atoms with Crippen molar-refractivity contribution in [1.29, 1.82) is 0 Å². The van der Waals surface area contributed by atoms with Gasteiger partial charge in [-0.2, -0.15) is 0 Å². The Morgan fingerprint density at radius 2 is 1.90 bits per heavy atom. The summed E-state index contributed by atoms with van der Waals surface area (Å²) in [6.07, 6.45) is 6.08. The highest BCUT2D eigenvalue weighted by Gasteiger charge is 2.20. The van der Waals surface area contributed by atoms with Crippen LogP contribution in [0.3, 0.4) is 0 Å². The topological polar surface area (TPSA) is 62.3 Å². The Bertz CT molecular complexity index is 508. The molecule has 1 aliphatic heterocycles.